The Kier molecular flexibility index (Phi) is 3.94. The first-order chi connectivity index (χ1) is 8.65. The smallest absolute Gasteiger partial charge is 0.171 e. The van der Waals surface area contributed by atoms with Crippen LogP contribution in [0.5, 0.6) is 0 Å². The van der Waals surface area contributed by atoms with Gasteiger partial charge in [-0.1, -0.05) is 6.07 Å². The lowest BCUT2D eigenvalue weighted by molar-refractivity contribution is 0.503. The van der Waals surface area contributed by atoms with E-state index in [1.165, 1.54) is 12.1 Å². The lowest BCUT2D eigenvalue weighted by atomic mass is 10.2. The minimum atomic E-state index is -0.295. The molecule has 0 bridgehead atoms. The fraction of sp³-hybridized carbons (Fsp3) is 0.154. The first kappa shape index (κ1) is 12.6. The Hall–Kier alpha value is -1.88. The van der Waals surface area contributed by atoms with E-state index < -0.39 is 0 Å². The Morgan fingerprint density at radius 1 is 1.39 bits per heavy atom. The van der Waals surface area contributed by atoms with Crippen molar-refractivity contribution in [3.8, 4) is 0 Å². The van der Waals surface area contributed by atoms with Gasteiger partial charge in [0, 0.05) is 5.69 Å². The van der Waals surface area contributed by atoms with Gasteiger partial charge in [-0.3, -0.25) is 0 Å². The van der Waals surface area contributed by atoms with Gasteiger partial charge in [-0.2, -0.15) is 0 Å². The van der Waals surface area contributed by atoms with Crippen molar-refractivity contribution in [2.24, 2.45) is 0 Å². The molecule has 0 aliphatic carbocycles. The average Bonchev–Trinajstić information content (AvgIpc) is 2.84. The number of benzene rings is 1. The van der Waals surface area contributed by atoms with Gasteiger partial charge < -0.3 is 15.1 Å². The van der Waals surface area contributed by atoms with Gasteiger partial charge in [-0.15, -0.1) is 0 Å². The maximum absolute atomic E-state index is 13.1. The molecule has 0 unspecified atom stereocenters. The van der Waals surface area contributed by atoms with Crippen LogP contribution in [-0.2, 0) is 6.54 Å². The molecule has 0 saturated carbocycles. The molecule has 0 amide bonds. The molecule has 0 aliphatic rings. The zero-order valence-electron chi connectivity index (χ0n) is 9.87. The van der Waals surface area contributed by atoms with E-state index in [-0.39, 0.29) is 5.82 Å². The number of aryl methyl sites for hydroxylation is 1. The summed E-state index contributed by atoms with van der Waals surface area (Å²) in [4.78, 5) is 0. The molecule has 3 nitrogen and oxygen atoms in total. The summed E-state index contributed by atoms with van der Waals surface area (Å²) in [6.45, 7) is 2.38. The molecule has 0 fully saturated rings. The third kappa shape index (κ3) is 3.30. The first-order valence-corrected chi connectivity index (χ1v) is 5.89. The predicted molar refractivity (Wildman–Crippen MR) is 72.9 cm³/mol. The van der Waals surface area contributed by atoms with Crippen molar-refractivity contribution in [1.82, 2.24) is 5.32 Å². The summed E-state index contributed by atoms with van der Waals surface area (Å²) in [6.07, 6.45) is 1.60. The summed E-state index contributed by atoms with van der Waals surface area (Å²) in [5.41, 5.74) is 1.59. The van der Waals surface area contributed by atoms with Crippen LogP contribution in [0, 0.1) is 12.7 Å². The van der Waals surface area contributed by atoms with E-state index in [4.69, 9.17) is 16.6 Å². The summed E-state index contributed by atoms with van der Waals surface area (Å²) in [5, 5.41) is 6.37. The summed E-state index contributed by atoms with van der Waals surface area (Å²) >= 11 is 5.13. The molecule has 0 spiro atoms. The van der Waals surface area contributed by atoms with E-state index in [1.54, 1.807) is 12.3 Å². The highest BCUT2D eigenvalue weighted by atomic mass is 32.1. The fourth-order valence-corrected chi connectivity index (χ4v) is 1.66. The molecule has 1 aromatic heterocycles. The minimum absolute atomic E-state index is 0.295. The third-order valence-corrected chi connectivity index (χ3v) is 2.70. The average molecular weight is 264 g/mol. The molecule has 5 heteroatoms. The molecule has 0 aliphatic heterocycles. The first-order valence-electron chi connectivity index (χ1n) is 5.48. The monoisotopic (exact) mass is 264 g/mol. The zero-order chi connectivity index (χ0) is 13.0. The predicted octanol–water partition coefficient (Wildman–Crippen LogP) is 3.21. The maximum Gasteiger partial charge on any atom is 0.171 e. The van der Waals surface area contributed by atoms with Gasteiger partial charge in [0.1, 0.15) is 11.6 Å². The Bertz CT molecular complexity index is 540. The van der Waals surface area contributed by atoms with E-state index in [2.05, 4.69) is 10.6 Å². The van der Waals surface area contributed by atoms with Crippen LogP contribution in [0.15, 0.2) is 41.0 Å². The number of halogens is 1. The Morgan fingerprint density at radius 3 is 2.94 bits per heavy atom. The molecule has 0 saturated heterocycles. The molecular formula is C13H13FN2OS. The molecule has 0 atom stereocenters. The van der Waals surface area contributed by atoms with E-state index in [0.717, 1.165) is 11.3 Å². The number of nitrogens with one attached hydrogen (secondary N) is 2. The second-order valence-electron chi connectivity index (χ2n) is 3.85. The molecule has 2 N–H and O–H groups in total. The fourth-order valence-electron chi connectivity index (χ4n) is 1.48. The van der Waals surface area contributed by atoms with Crippen LogP contribution in [0.25, 0.3) is 0 Å². The molecule has 1 aromatic carbocycles. The quantitative estimate of drug-likeness (QED) is 0.835. The number of anilines is 1. The van der Waals surface area contributed by atoms with Gasteiger partial charge in [0.05, 0.1) is 12.8 Å². The van der Waals surface area contributed by atoms with Gasteiger partial charge in [0.2, 0.25) is 0 Å². The Labute approximate surface area is 110 Å². The van der Waals surface area contributed by atoms with Gasteiger partial charge in [0.15, 0.2) is 5.11 Å². The summed E-state index contributed by atoms with van der Waals surface area (Å²) in [7, 11) is 0. The van der Waals surface area contributed by atoms with Crippen molar-refractivity contribution >= 4 is 23.0 Å². The van der Waals surface area contributed by atoms with Crippen LogP contribution in [0.4, 0.5) is 10.1 Å². The summed E-state index contributed by atoms with van der Waals surface area (Å²) < 4.78 is 18.3. The van der Waals surface area contributed by atoms with Gasteiger partial charge in [0.25, 0.3) is 0 Å². The van der Waals surface area contributed by atoms with Crippen LogP contribution < -0.4 is 10.6 Å². The van der Waals surface area contributed by atoms with Crippen molar-refractivity contribution < 1.29 is 8.81 Å². The largest absolute Gasteiger partial charge is 0.467 e. The number of furan rings is 1. The third-order valence-electron chi connectivity index (χ3n) is 2.45. The number of thiocarbonyl (C=S) groups is 1. The molecule has 2 rings (SSSR count). The Morgan fingerprint density at radius 2 is 2.22 bits per heavy atom. The second-order valence-corrected chi connectivity index (χ2v) is 4.25. The van der Waals surface area contributed by atoms with E-state index >= 15 is 0 Å². The van der Waals surface area contributed by atoms with Crippen LogP contribution in [0.3, 0.4) is 0 Å². The van der Waals surface area contributed by atoms with Crippen molar-refractivity contribution in [2.45, 2.75) is 13.5 Å². The SMILES string of the molecule is Cc1ccc(F)cc1NC(=S)NCc1ccco1. The summed E-state index contributed by atoms with van der Waals surface area (Å²) in [5.74, 6) is 0.493. The molecule has 1 heterocycles. The highest BCUT2D eigenvalue weighted by Gasteiger charge is 2.03. The van der Waals surface area contributed by atoms with Crippen molar-refractivity contribution in [1.29, 1.82) is 0 Å². The summed E-state index contributed by atoms with van der Waals surface area (Å²) in [6, 6.07) is 8.19. The van der Waals surface area contributed by atoms with E-state index in [9.17, 15) is 4.39 Å². The molecular weight excluding hydrogens is 251 g/mol. The number of hydrogen-bond acceptors (Lipinski definition) is 2. The second kappa shape index (κ2) is 5.64. The molecule has 18 heavy (non-hydrogen) atoms. The molecule has 0 radical (unpaired) electrons. The zero-order valence-corrected chi connectivity index (χ0v) is 10.7. The number of rotatable bonds is 3. The van der Waals surface area contributed by atoms with Gasteiger partial charge in [-0.25, -0.2) is 4.39 Å². The van der Waals surface area contributed by atoms with Gasteiger partial charge in [-0.05, 0) is 49.0 Å². The highest BCUT2D eigenvalue weighted by Crippen LogP contribution is 2.15. The lowest BCUT2D eigenvalue weighted by Gasteiger charge is -2.11. The molecule has 94 valence electrons. The minimum Gasteiger partial charge on any atom is -0.467 e. The van der Waals surface area contributed by atoms with Gasteiger partial charge >= 0.3 is 0 Å². The van der Waals surface area contributed by atoms with Crippen molar-refractivity contribution in [3.63, 3.8) is 0 Å². The van der Waals surface area contributed by atoms with Crippen molar-refractivity contribution in [2.75, 3.05) is 5.32 Å². The van der Waals surface area contributed by atoms with E-state index in [0.29, 0.717) is 17.3 Å². The maximum atomic E-state index is 13.1. The topological polar surface area (TPSA) is 37.2 Å². The normalized spacial score (nSPS) is 10.1. The lowest BCUT2D eigenvalue weighted by Crippen LogP contribution is -2.28. The highest BCUT2D eigenvalue weighted by molar-refractivity contribution is 7.80. The van der Waals surface area contributed by atoms with Crippen LogP contribution in [-0.4, -0.2) is 5.11 Å². The number of hydrogen-bond donors (Lipinski definition) is 2. The van der Waals surface area contributed by atoms with Crippen LogP contribution >= 0.6 is 12.2 Å². The Balaban J connectivity index is 1.92. The van der Waals surface area contributed by atoms with E-state index in [1.807, 2.05) is 19.1 Å². The van der Waals surface area contributed by atoms with Crippen LogP contribution in [0.1, 0.15) is 11.3 Å². The van der Waals surface area contributed by atoms with Crippen LogP contribution in [0.2, 0.25) is 0 Å². The van der Waals surface area contributed by atoms with Crippen molar-refractivity contribution in [3.05, 3.63) is 53.7 Å². The molecule has 2 aromatic rings. The standard InChI is InChI=1S/C13H13FN2OS/c1-9-4-5-10(14)7-12(9)16-13(18)15-8-11-3-2-6-17-11/h2-7H,8H2,1H3,(H2,15,16,18).